The van der Waals surface area contributed by atoms with Crippen molar-refractivity contribution in [2.45, 2.75) is 51.6 Å². The first kappa shape index (κ1) is 34.3. The van der Waals surface area contributed by atoms with Crippen molar-refractivity contribution in [2.24, 2.45) is 5.92 Å². The Kier molecular flexibility index (Phi) is 9.70. The molecule has 0 unspecified atom stereocenters. The number of likely N-dealkylation sites (tertiary alicyclic amines) is 1. The minimum absolute atomic E-state index is 0.0130. The Morgan fingerprint density at radius 1 is 1.00 bits per heavy atom. The molecule has 1 aliphatic heterocycles. The van der Waals surface area contributed by atoms with Crippen LogP contribution in [0.2, 0.25) is 0 Å². The number of amides is 2. The second-order valence-corrected chi connectivity index (χ2v) is 11.9. The van der Waals surface area contributed by atoms with Gasteiger partial charge in [0, 0.05) is 36.3 Å². The van der Waals surface area contributed by atoms with Crippen molar-refractivity contribution in [1.29, 1.82) is 5.26 Å². The molecule has 1 saturated heterocycles. The number of ether oxygens (including phenoxy) is 1. The minimum Gasteiger partial charge on any atom is -0.445 e. The lowest BCUT2D eigenvalue weighted by molar-refractivity contribution is -0.143. The summed E-state index contributed by atoms with van der Waals surface area (Å²) < 4.78 is 89.8. The van der Waals surface area contributed by atoms with Crippen LogP contribution in [0.5, 0.6) is 0 Å². The molecule has 8 nitrogen and oxygen atoms in total. The van der Waals surface area contributed by atoms with E-state index >= 15 is 0 Å². The average Bonchev–Trinajstić information content (AvgIpc) is 3.49. The van der Waals surface area contributed by atoms with Gasteiger partial charge < -0.3 is 19.4 Å². The summed E-state index contributed by atoms with van der Waals surface area (Å²) in [5.74, 6) is 0.203. The van der Waals surface area contributed by atoms with Gasteiger partial charge in [0.05, 0.1) is 22.8 Å². The fraction of sp³-hybridized carbons (Fsp3) is 0.353. The number of halogens is 6. The SMILES string of the molecule is CC(C)c1cc(C#N)cc2nc(-c3ccc(C(=O)NCC4CCN(C(=O)OCc5cc(C(F)(F)F)cc(C(F)(F)F)c5)CC4)cc3)oc12. The van der Waals surface area contributed by atoms with E-state index in [0.29, 0.717) is 65.2 Å². The van der Waals surface area contributed by atoms with Crippen LogP contribution in [0.25, 0.3) is 22.6 Å². The van der Waals surface area contributed by atoms with Crippen molar-refractivity contribution in [3.8, 4) is 17.5 Å². The molecule has 0 bridgehead atoms. The number of carbonyl (C=O) groups is 2. The van der Waals surface area contributed by atoms with Crippen LogP contribution in [0.3, 0.4) is 0 Å². The van der Waals surface area contributed by atoms with Gasteiger partial charge in [0.1, 0.15) is 12.1 Å². The summed E-state index contributed by atoms with van der Waals surface area (Å²) in [6, 6.07) is 13.4. The third kappa shape index (κ3) is 7.90. The van der Waals surface area contributed by atoms with Crippen LogP contribution in [-0.2, 0) is 23.7 Å². The van der Waals surface area contributed by atoms with Crippen LogP contribution in [0.4, 0.5) is 31.1 Å². The number of oxazole rings is 1. The normalized spacial score (nSPS) is 14.3. The fourth-order valence-corrected chi connectivity index (χ4v) is 5.44. The first-order chi connectivity index (χ1) is 22.6. The van der Waals surface area contributed by atoms with Crippen LogP contribution in [0.1, 0.15) is 70.8 Å². The number of nitriles is 1. The van der Waals surface area contributed by atoms with Crippen molar-refractivity contribution in [3.63, 3.8) is 0 Å². The monoisotopic (exact) mass is 672 g/mol. The van der Waals surface area contributed by atoms with Gasteiger partial charge in [-0.3, -0.25) is 4.79 Å². The summed E-state index contributed by atoms with van der Waals surface area (Å²) in [4.78, 5) is 31.2. The van der Waals surface area contributed by atoms with Crippen LogP contribution < -0.4 is 5.32 Å². The lowest BCUT2D eigenvalue weighted by Gasteiger charge is -2.31. The Bertz CT molecular complexity index is 1820. The number of hydrogen-bond acceptors (Lipinski definition) is 6. The lowest BCUT2D eigenvalue weighted by atomic mass is 9.97. The quantitative estimate of drug-likeness (QED) is 0.198. The highest BCUT2D eigenvalue weighted by Gasteiger charge is 2.37. The number of piperidine rings is 1. The number of fused-ring (bicyclic) bond motifs is 1. The zero-order valence-corrected chi connectivity index (χ0v) is 25.8. The smallest absolute Gasteiger partial charge is 0.416 e. The molecule has 0 atom stereocenters. The molecule has 48 heavy (non-hydrogen) atoms. The molecular weight excluding hydrogens is 642 g/mol. The van der Waals surface area contributed by atoms with Crippen LogP contribution >= 0.6 is 0 Å². The molecule has 4 aromatic rings. The number of rotatable bonds is 7. The summed E-state index contributed by atoms with van der Waals surface area (Å²) in [5.41, 5.74) is 0.211. The molecule has 0 spiro atoms. The Morgan fingerprint density at radius 2 is 1.62 bits per heavy atom. The number of aromatic nitrogens is 1. The molecule has 0 aliphatic carbocycles. The Morgan fingerprint density at radius 3 is 2.19 bits per heavy atom. The predicted octanol–water partition coefficient (Wildman–Crippen LogP) is 8.31. The number of nitrogens with one attached hydrogen (secondary N) is 1. The van der Waals surface area contributed by atoms with Crippen LogP contribution in [0.15, 0.2) is 59.0 Å². The van der Waals surface area contributed by atoms with Crippen molar-refractivity contribution >= 4 is 23.1 Å². The summed E-state index contributed by atoms with van der Waals surface area (Å²) in [7, 11) is 0. The van der Waals surface area contributed by atoms with Gasteiger partial charge >= 0.3 is 18.4 Å². The molecule has 0 saturated carbocycles. The maximum atomic E-state index is 13.1. The molecule has 3 aromatic carbocycles. The third-order valence-corrected chi connectivity index (χ3v) is 8.10. The zero-order chi connectivity index (χ0) is 34.8. The van der Waals surface area contributed by atoms with E-state index in [-0.39, 0.29) is 36.9 Å². The second kappa shape index (κ2) is 13.6. The molecule has 5 rings (SSSR count). The van der Waals surface area contributed by atoms with Gasteiger partial charge in [0.15, 0.2) is 5.58 Å². The minimum atomic E-state index is -5.00. The standard InChI is InChI=1S/C34H30F6N4O4/c1-19(2)27-13-21(16-41)14-28-29(27)48-31(43-28)24-5-3-23(4-6-24)30(45)42-17-20-7-9-44(10-8-20)32(46)47-18-22-11-25(33(35,36)37)15-26(12-22)34(38,39)40/h3-6,11-15,19-20H,7-10,17-18H2,1-2H3,(H,42,45). The molecule has 1 aromatic heterocycles. The topological polar surface area (TPSA) is 108 Å². The predicted molar refractivity (Wildman–Crippen MR) is 162 cm³/mol. The van der Waals surface area contributed by atoms with Crippen molar-refractivity contribution in [1.82, 2.24) is 15.2 Å². The maximum Gasteiger partial charge on any atom is 0.416 e. The Labute approximate surface area is 271 Å². The van der Waals surface area contributed by atoms with Crippen molar-refractivity contribution in [3.05, 3.63) is 88.0 Å². The number of alkyl halides is 6. The lowest BCUT2D eigenvalue weighted by Crippen LogP contribution is -2.41. The van der Waals surface area contributed by atoms with E-state index in [4.69, 9.17) is 9.15 Å². The molecule has 1 fully saturated rings. The molecule has 2 amide bonds. The van der Waals surface area contributed by atoms with Gasteiger partial charge in [0.2, 0.25) is 5.89 Å². The maximum absolute atomic E-state index is 13.1. The number of nitrogens with zero attached hydrogens (tertiary/aromatic N) is 3. The number of hydrogen-bond donors (Lipinski definition) is 1. The van der Waals surface area contributed by atoms with E-state index in [1.54, 1.807) is 36.4 Å². The van der Waals surface area contributed by atoms with Crippen molar-refractivity contribution in [2.75, 3.05) is 19.6 Å². The van der Waals surface area contributed by atoms with Gasteiger partial charge in [-0.2, -0.15) is 31.6 Å². The second-order valence-electron chi connectivity index (χ2n) is 11.9. The van der Waals surface area contributed by atoms with E-state index in [1.807, 2.05) is 13.8 Å². The molecule has 1 aliphatic rings. The van der Waals surface area contributed by atoms with E-state index < -0.39 is 41.7 Å². The van der Waals surface area contributed by atoms with Gasteiger partial charge in [-0.15, -0.1) is 0 Å². The number of benzene rings is 3. The van der Waals surface area contributed by atoms with E-state index in [9.17, 15) is 41.2 Å². The van der Waals surface area contributed by atoms with Crippen LogP contribution in [0, 0.1) is 17.2 Å². The zero-order valence-electron chi connectivity index (χ0n) is 25.8. The van der Waals surface area contributed by atoms with Gasteiger partial charge in [0.25, 0.3) is 5.91 Å². The Hall–Kier alpha value is -5.06. The molecule has 14 heteroatoms. The van der Waals surface area contributed by atoms with E-state index in [0.717, 1.165) is 5.56 Å². The third-order valence-electron chi connectivity index (χ3n) is 8.10. The highest BCUT2D eigenvalue weighted by atomic mass is 19.4. The highest BCUT2D eigenvalue weighted by molar-refractivity contribution is 5.94. The van der Waals surface area contributed by atoms with E-state index in [2.05, 4.69) is 16.4 Å². The van der Waals surface area contributed by atoms with Gasteiger partial charge in [-0.25, -0.2) is 9.78 Å². The summed E-state index contributed by atoms with van der Waals surface area (Å²) in [5, 5.41) is 12.2. The summed E-state index contributed by atoms with van der Waals surface area (Å²) in [6.07, 6.45) is -9.86. The molecule has 0 radical (unpaired) electrons. The molecule has 1 N–H and O–H groups in total. The van der Waals surface area contributed by atoms with Gasteiger partial charge in [-0.05, 0) is 84.8 Å². The fourth-order valence-electron chi connectivity index (χ4n) is 5.44. The van der Waals surface area contributed by atoms with Gasteiger partial charge in [-0.1, -0.05) is 13.8 Å². The molecule has 2 heterocycles. The van der Waals surface area contributed by atoms with Crippen molar-refractivity contribution < 1.29 is 45.1 Å². The summed E-state index contributed by atoms with van der Waals surface area (Å²) >= 11 is 0. The molecule has 252 valence electrons. The summed E-state index contributed by atoms with van der Waals surface area (Å²) in [6.45, 7) is 4.05. The Balaban J connectivity index is 1.12. The van der Waals surface area contributed by atoms with E-state index in [1.165, 1.54) is 4.90 Å². The number of carbonyl (C=O) groups excluding carboxylic acids is 2. The first-order valence-corrected chi connectivity index (χ1v) is 15.1. The largest absolute Gasteiger partial charge is 0.445 e. The highest BCUT2D eigenvalue weighted by Crippen LogP contribution is 2.37. The van der Waals surface area contributed by atoms with Crippen LogP contribution in [-0.4, -0.2) is 41.5 Å². The molecular formula is C34H30F6N4O4. The first-order valence-electron chi connectivity index (χ1n) is 15.1. The average molecular weight is 673 g/mol.